The van der Waals surface area contributed by atoms with Gasteiger partial charge in [-0.2, -0.15) is 14.6 Å². The molecule has 1 aliphatic rings. The summed E-state index contributed by atoms with van der Waals surface area (Å²) in [6.45, 7) is 3.80. The van der Waals surface area contributed by atoms with Crippen LogP contribution in [0.2, 0.25) is 0 Å². The Morgan fingerprint density at radius 1 is 1.39 bits per heavy atom. The summed E-state index contributed by atoms with van der Waals surface area (Å²) in [6, 6.07) is 2.05. The van der Waals surface area contributed by atoms with Gasteiger partial charge in [0.05, 0.1) is 6.61 Å². The molecule has 3 rings (SSSR count). The van der Waals surface area contributed by atoms with Crippen molar-refractivity contribution in [3.05, 3.63) is 18.1 Å². The largest absolute Gasteiger partial charge is 0.272 e. The Balaban J connectivity index is 2.03. The van der Waals surface area contributed by atoms with Crippen LogP contribution in [0.25, 0.3) is 5.78 Å². The second kappa shape index (κ2) is 4.89. The van der Waals surface area contributed by atoms with E-state index < -0.39 is 0 Å². The normalized spacial score (nSPS) is 16.4. The Morgan fingerprint density at radius 2 is 2.33 bits per heavy atom. The molecule has 96 valence electrons. The van der Waals surface area contributed by atoms with Crippen LogP contribution < -0.4 is 5.06 Å². The molecule has 6 heteroatoms. The standard InChI is InChI=1S/C12H17N5O/c1-2-5-10-8-11(16-6-3-4-7-18-16)17-12(15-10)13-9-14-17/h8-9H,2-7H2,1H3. The number of hydroxylamine groups is 1. The molecular weight excluding hydrogens is 230 g/mol. The van der Waals surface area contributed by atoms with E-state index in [1.165, 1.54) is 6.33 Å². The van der Waals surface area contributed by atoms with Gasteiger partial charge in [-0.15, -0.1) is 0 Å². The van der Waals surface area contributed by atoms with Crippen molar-refractivity contribution in [3.63, 3.8) is 0 Å². The molecule has 0 aliphatic carbocycles. The summed E-state index contributed by atoms with van der Waals surface area (Å²) in [5, 5.41) is 6.13. The Hall–Kier alpha value is -1.69. The molecule has 1 aliphatic heterocycles. The molecule has 0 spiro atoms. The summed E-state index contributed by atoms with van der Waals surface area (Å²) in [7, 11) is 0. The summed E-state index contributed by atoms with van der Waals surface area (Å²) in [4.78, 5) is 14.4. The zero-order valence-corrected chi connectivity index (χ0v) is 10.5. The van der Waals surface area contributed by atoms with Crippen LogP contribution in [-0.2, 0) is 11.3 Å². The van der Waals surface area contributed by atoms with Crippen LogP contribution in [0.15, 0.2) is 12.4 Å². The smallest absolute Gasteiger partial charge is 0.254 e. The third-order valence-electron chi connectivity index (χ3n) is 3.05. The summed E-state index contributed by atoms with van der Waals surface area (Å²) >= 11 is 0. The number of hydrogen-bond donors (Lipinski definition) is 0. The lowest BCUT2D eigenvalue weighted by molar-refractivity contribution is 0.0752. The molecule has 0 unspecified atom stereocenters. The molecule has 0 radical (unpaired) electrons. The molecule has 2 aromatic rings. The number of hydrogen-bond acceptors (Lipinski definition) is 5. The van der Waals surface area contributed by atoms with Crippen molar-refractivity contribution >= 4 is 11.6 Å². The van der Waals surface area contributed by atoms with Gasteiger partial charge in [0.2, 0.25) is 0 Å². The van der Waals surface area contributed by atoms with E-state index in [9.17, 15) is 0 Å². The van der Waals surface area contributed by atoms with Crippen LogP contribution >= 0.6 is 0 Å². The number of aryl methyl sites for hydroxylation is 1. The molecule has 3 heterocycles. The van der Waals surface area contributed by atoms with Crippen LogP contribution in [0.3, 0.4) is 0 Å². The zero-order chi connectivity index (χ0) is 12.4. The van der Waals surface area contributed by atoms with Gasteiger partial charge >= 0.3 is 0 Å². The Kier molecular flexibility index (Phi) is 3.10. The summed E-state index contributed by atoms with van der Waals surface area (Å²) in [5.41, 5.74) is 1.04. The van der Waals surface area contributed by atoms with Crippen molar-refractivity contribution in [1.82, 2.24) is 19.6 Å². The Morgan fingerprint density at radius 3 is 3.11 bits per heavy atom. The molecule has 0 aromatic carbocycles. The number of fused-ring (bicyclic) bond motifs is 1. The average Bonchev–Trinajstić information content (AvgIpc) is 2.87. The minimum atomic E-state index is 0.644. The van der Waals surface area contributed by atoms with E-state index in [2.05, 4.69) is 28.1 Å². The summed E-state index contributed by atoms with van der Waals surface area (Å²) in [5.74, 6) is 1.57. The lowest BCUT2D eigenvalue weighted by Gasteiger charge is -2.27. The highest BCUT2D eigenvalue weighted by molar-refractivity contribution is 5.45. The fourth-order valence-corrected chi connectivity index (χ4v) is 2.18. The van der Waals surface area contributed by atoms with Crippen molar-refractivity contribution < 1.29 is 4.84 Å². The number of nitrogens with zero attached hydrogens (tertiary/aromatic N) is 5. The van der Waals surface area contributed by atoms with Gasteiger partial charge in [-0.3, -0.25) is 4.84 Å². The highest BCUT2D eigenvalue weighted by Crippen LogP contribution is 2.20. The molecule has 1 fully saturated rings. The molecule has 18 heavy (non-hydrogen) atoms. The molecule has 6 nitrogen and oxygen atoms in total. The van der Waals surface area contributed by atoms with Gasteiger partial charge in [0, 0.05) is 18.3 Å². The first-order valence-corrected chi connectivity index (χ1v) is 6.48. The molecule has 1 saturated heterocycles. The molecule has 0 N–H and O–H groups in total. The van der Waals surface area contributed by atoms with Gasteiger partial charge in [0.1, 0.15) is 6.33 Å². The number of aromatic nitrogens is 4. The number of rotatable bonds is 3. The van der Waals surface area contributed by atoms with Crippen LogP contribution in [0.1, 0.15) is 31.9 Å². The minimum Gasteiger partial charge on any atom is -0.272 e. The van der Waals surface area contributed by atoms with Gasteiger partial charge < -0.3 is 0 Å². The first kappa shape index (κ1) is 11.4. The van der Waals surface area contributed by atoms with Gasteiger partial charge in [-0.1, -0.05) is 13.3 Å². The highest BCUT2D eigenvalue weighted by Gasteiger charge is 2.17. The summed E-state index contributed by atoms with van der Waals surface area (Å²) in [6.07, 6.45) is 5.80. The van der Waals surface area contributed by atoms with Gasteiger partial charge in [-0.05, 0) is 19.3 Å². The van der Waals surface area contributed by atoms with Crippen LogP contribution in [0, 0.1) is 0 Å². The van der Waals surface area contributed by atoms with E-state index in [0.717, 1.165) is 50.3 Å². The SMILES string of the molecule is CCCc1cc(N2CCCCO2)n2ncnc2n1. The predicted octanol–water partition coefficient (Wildman–Crippen LogP) is 1.61. The lowest BCUT2D eigenvalue weighted by Crippen LogP contribution is -2.31. The molecule has 0 saturated carbocycles. The van der Waals surface area contributed by atoms with E-state index >= 15 is 0 Å². The van der Waals surface area contributed by atoms with Crippen molar-refractivity contribution in [2.24, 2.45) is 0 Å². The van der Waals surface area contributed by atoms with Crippen LogP contribution in [0.4, 0.5) is 5.82 Å². The zero-order valence-electron chi connectivity index (χ0n) is 10.5. The quantitative estimate of drug-likeness (QED) is 0.824. The van der Waals surface area contributed by atoms with Crippen LogP contribution in [0.5, 0.6) is 0 Å². The first-order chi connectivity index (χ1) is 8.88. The molecule has 2 aromatic heterocycles. The van der Waals surface area contributed by atoms with Gasteiger partial charge in [-0.25, -0.2) is 10.0 Å². The van der Waals surface area contributed by atoms with Gasteiger partial charge in [0.25, 0.3) is 5.78 Å². The highest BCUT2D eigenvalue weighted by atomic mass is 16.7. The van der Waals surface area contributed by atoms with E-state index in [1.807, 2.05) is 5.06 Å². The van der Waals surface area contributed by atoms with Crippen molar-refractivity contribution in [2.75, 3.05) is 18.2 Å². The fraction of sp³-hybridized carbons (Fsp3) is 0.583. The topological polar surface area (TPSA) is 55.6 Å². The lowest BCUT2D eigenvalue weighted by atomic mass is 10.2. The second-order valence-electron chi connectivity index (χ2n) is 4.47. The van der Waals surface area contributed by atoms with E-state index in [0.29, 0.717) is 5.78 Å². The molecular formula is C12H17N5O. The first-order valence-electron chi connectivity index (χ1n) is 6.48. The Labute approximate surface area is 106 Å². The third kappa shape index (κ3) is 2.03. The Bertz CT molecular complexity index is 532. The predicted molar refractivity (Wildman–Crippen MR) is 67.3 cm³/mol. The monoisotopic (exact) mass is 247 g/mol. The minimum absolute atomic E-state index is 0.644. The molecule has 0 bridgehead atoms. The van der Waals surface area contributed by atoms with E-state index in [1.54, 1.807) is 4.52 Å². The van der Waals surface area contributed by atoms with E-state index in [4.69, 9.17) is 4.84 Å². The third-order valence-corrected chi connectivity index (χ3v) is 3.05. The molecule has 0 atom stereocenters. The maximum Gasteiger partial charge on any atom is 0.254 e. The van der Waals surface area contributed by atoms with E-state index in [-0.39, 0.29) is 0 Å². The average molecular weight is 247 g/mol. The van der Waals surface area contributed by atoms with Crippen molar-refractivity contribution in [1.29, 1.82) is 0 Å². The molecule has 0 amide bonds. The number of anilines is 1. The summed E-state index contributed by atoms with van der Waals surface area (Å²) < 4.78 is 1.74. The second-order valence-corrected chi connectivity index (χ2v) is 4.47. The van der Waals surface area contributed by atoms with Crippen LogP contribution in [-0.4, -0.2) is 32.7 Å². The fourth-order valence-electron chi connectivity index (χ4n) is 2.18. The van der Waals surface area contributed by atoms with Crippen molar-refractivity contribution in [2.45, 2.75) is 32.6 Å². The van der Waals surface area contributed by atoms with Gasteiger partial charge in [0.15, 0.2) is 5.82 Å². The maximum atomic E-state index is 5.69. The maximum absolute atomic E-state index is 5.69. The van der Waals surface area contributed by atoms with Crippen molar-refractivity contribution in [3.8, 4) is 0 Å².